The van der Waals surface area contributed by atoms with Crippen molar-refractivity contribution in [2.75, 3.05) is 0 Å². The number of hydrogen-bond donors (Lipinski definition) is 0. The number of nitrogens with zero attached hydrogens (tertiary/aromatic N) is 2. The molecule has 0 radical (unpaired) electrons. The highest BCUT2D eigenvalue weighted by Gasteiger charge is 2.22. The summed E-state index contributed by atoms with van der Waals surface area (Å²) in [5, 5.41) is 0. The predicted molar refractivity (Wildman–Crippen MR) is 95.3 cm³/mol. The summed E-state index contributed by atoms with van der Waals surface area (Å²) in [5.41, 5.74) is 2.07. The van der Waals surface area contributed by atoms with E-state index in [1.54, 1.807) is 24.3 Å². The van der Waals surface area contributed by atoms with Crippen LogP contribution in [-0.2, 0) is 22.0 Å². The molecular formula is C17H24N2O2S2. The minimum absolute atomic E-state index is 0.0347. The molecule has 0 aliphatic heterocycles. The Hall–Kier alpha value is -1.40. The second-order valence-electron chi connectivity index (χ2n) is 6.67. The Bertz CT molecular complexity index is 865. The van der Waals surface area contributed by atoms with Crippen LogP contribution < -0.4 is 4.80 Å². The molecule has 0 atom stereocenters. The smallest absolute Gasteiger partial charge is 0.285 e. The summed E-state index contributed by atoms with van der Waals surface area (Å²) in [4.78, 5) is 1.93. The Labute approximate surface area is 142 Å². The van der Waals surface area contributed by atoms with Gasteiger partial charge in [0, 0.05) is 17.1 Å². The zero-order chi connectivity index (χ0) is 17.4. The summed E-state index contributed by atoms with van der Waals surface area (Å²) in [6.07, 6.45) is 0. The summed E-state index contributed by atoms with van der Waals surface area (Å²) in [5.74, 6) is 0. The molecule has 2 aromatic rings. The maximum atomic E-state index is 12.6. The Morgan fingerprint density at radius 2 is 1.70 bits per heavy atom. The molecular weight excluding hydrogens is 328 g/mol. The van der Waals surface area contributed by atoms with Gasteiger partial charge in [-0.15, -0.1) is 15.7 Å². The highest BCUT2D eigenvalue weighted by molar-refractivity contribution is 7.90. The Balaban J connectivity index is 2.65. The molecule has 0 aliphatic rings. The van der Waals surface area contributed by atoms with Gasteiger partial charge in [0.15, 0.2) is 0 Å². The average molecular weight is 353 g/mol. The molecule has 1 heterocycles. The van der Waals surface area contributed by atoms with Crippen molar-refractivity contribution in [3.63, 3.8) is 0 Å². The van der Waals surface area contributed by atoms with Crippen molar-refractivity contribution in [1.29, 1.82) is 0 Å². The average Bonchev–Trinajstić information content (AvgIpc) is 2.74. The predicted octanol–water partition coefficient (Wildman–Crippen LogP) is 3.77. The molecule has 4 nitrogen and oxygen atoms in total. The van der Waals surface area contributed by atoms with Crippen LogP contribution in [-0.4, -0.2) is 13.0 Å². The first-order chi connectivity index (χ1) is 10.6. The second kappa shape index (κ2) is 6.24. The first-order valence-corrected chi connectivity index (χ1v) is 9.90. The minimum atomic E-state index is -3.70. The van der Waals surface area contributed by atoms with Gasteiger partial charge < -0.3 is 4.57 Å². The van der Waals surface area contributed by atoms with Crippen LogP contribution in [0.5, 0.6) is 0 Å². The van der Waals surface area contributed by atoms with Crippen molar-refractivity contribution in [2.24, 2.45) is 4.40 Å². The maximum absolute atomic E-state index is 12.6. The van der Waals surface area contributed by atoms with Crippen LogP contribution in [0.2, 0.25) is 0 Å². The lowest BCUT2D eigenvalue weighted by Gasteiger charge is -2.17. The number of thiazole rings is 1. The van der Waals surface area contributed by atoms with Gasteiger partial charge in [0.05, 0.1) is 4.90 Å². The van der Waals surface area contributed by atoms with Crippen LogP contribution in [0, 0.1) is 13.8 Å². The molecule has 0 unspecified atom stereocenters. The first kappa shape index (κ1) is 17.9. The van der Waals surface area contributed by atoms with Gasteiger partial charge in [-0.25, -0.2) is 0 Å². The van der Waals surface area contributed by atoms with Crippen molar-refractivity contribution in [1.82, 2.24) is 4.57 Å². The van der Waals surface area contributed by atoms with Crippen LogP contribution in [0.1, 0.15) is 43.8 Å². The quantitative estimate of drug-likeness (QED) is 0.844. The lowest BCUT2D eigenvalue weighted by Crippen LogP contribution is -2.17. The molecule has 0 saturated carbocycles. The van der Waals surface area contributed by atoms with E-state index < -0.39 is 10.0 Å². The Morgan fingerprint density at radius 1 is 1.13 bits per heavy atom. The van der Waals surface area contributed by atoms with E-state index in [9.17, 15) is 8.42 Å². The summed E-state index contributed by atoms with van der Waals surface area (Å²) in [7, 11) is -3.70. The van der Waals surface area contributed by atoms with Crippen molar-refractivity contribution in [2.45, 2.75) is 58.4 Å². The molecule has 1 aromatic heterocycles. The highest BCUT2D eigenvalue weighted by atomic mass is 32.2. The van der Waals surface area contributed by atoms with E-state index in [1.165, 1.54) is 11.3 Å². The van der Waals surface area contributed by atoms with Crippen molar-refractivity contribution in [3.8, 4) is 0 Å². The zero-order valence-electron chi connectivity index (χ0n) is 14.5. The molecule has 6 heteroatoms. The lowest BCUT2D eigenvalue weighted by molar-refractivity contribution is 0.585. The van der Waals surface area contributed by atoms with Gasteiger partial charge >= 0.3 is 0 Å². The van der Waals surface area contributed by atoms with Gasteiger partial charge in [0.25, 0.3) is 10.0 Å². The largest absolute Gasteiger partial charge is 0.320 e. The van der Waals surface area contributed by atoms with Gasteiger partial charge in [-0.3, -0.25) is 0 Å². The van der Waals surface area contributed by atoms with Crippen LogP contribution in [0.15, 0.2) is 33.6 Å². The number of aryl methyl sites for hydroxylation is 1. The van der Waals surface area contributed by atoms with Crippen molar-refractivity contribution >= 4 is 21.4 Å². The third kappa shape index (κ3) is 3.75. The van der Waals surface area contributed by atoms with E-state index in [0.29, 0.717) is 11.3 Å². The van der Waals surface area contributed by atoms with Gasteiger partial charge in [0.2, 0.25) is 4.80 Å². The fourth-order valence-corrected chi connectivity index (χ4v) is 4.94. The Kier molecular flexibility index (Phi) is 4.87. The van der Waals surface area contributed by atoms with Crippen LogP contribution >= 0.6 is 11.3 Å². The Morgan fingerprint density at radius 3 is 2.17 bits per heavy atom. The first-order valence-electron chi connectivity index (χ1n) is 7.64. The SMILES string of the molecule is CCn1c(C)c(C(C)(C)C)sc1=NS(=O)(=O)c1ccc(C)cc1. The number of hydrogen-bond acceptors (Lipinski definition) is 3. The van der Waals surface area contributed by atoms with Crippen LogP contribution in [0.4, 0.5) is 0 Å². The normalized spacial score (nSPS) is 13.6. The van der Waals surface area contributed by atoms with Crippen LogP contribution in [0.3, 0.4) is 0 Å². The van der Waals surface area contributed by atoms with E-state index in [-0.39, 0.29) is 10.3 Å². The molecule has 0 N–H and O–H groups in total. The molecule has 0 amide bonds. The topological polar surface area (TPSA) is 51.4 Å². The van der Waals surface area contributed by atoms with E-state index in [1.807, 2.05) is 25.3 Å². The van der Waals surface area contributed by atoms with Crippen molar-refractivity contribution in [3.05, 3.63) is 45.2 Å². The zero-order valence-corrected chi connectivity index (χ0v) is 16.2. The molecule has 0 bridgehead atoms. The molecule has 0 spiro atoms. The van der Waals surface area contributed by atoms with Gasteiger partial charge in [0.1, 0.15) is 0 Å². The van der Waals surface area contributed by atoms with E-state index >= 15 is 0 Å². The standard InChI is InChI=1S/C17H24N2O2S2/c1-7-19-13(3)15(17(4,5)6)22-16(19)18-23(20,21)14-10-8-12(2)9-11-14/h8-11H,7H2,1-6H3. The van der Waals surface area contributed by atoms with E-state index in [4.69, 9.17) is 0 Å². The molecule has 23 heavy (non-hydrogen) atoms. The maximum Gasteiger partial charge on any atom is 0.285 e. The molecule has 0 fully saturated rings. The van der Waals surface area contributed by atoms with Gasteiger partial charge in [-0.1, -0.05) is 38.5 Å². The number of aromatic nitrogens is 1. The number of rotatable bonds is 3. The fourth-order valence-electron chi connectivity index (χ4n) is 2.49. The molecule has 126 valence electrons. The molecule has 0 saturated heterocycles. The van der Waals surface area contributed by atoms with E-state index in [2.05, 4.69) is 25.2 Å². The number of sulfonamides is 1. The summed E-state index contributed by atoms with van der Waals surface area (Å²) in [6.45, 7) is 13.0. The van der Waals surface area contributed by atoms with Gasteiger partial charge in [-0.05, 0) is 38.3 Å². The number of benzene rings is 1. The summed E-state index contributed by atoms with van der Waals surface area (Å²) < 4.78 is 31.2. The van der Waals surface area contributed by atoms with E-state index in [0.717, 1.165) is 16.1 Å². The third-order valence-corrected chi connectivity index (χ3v) is 6.68. The molecule has 1 aromatic carbocycles. The second-order valence-corrected chi connectivity index (χ2v) is 9.25. The summed E-state index contributed by atoms with van der Waals surface area (Å²) in [6, 6.07) is 6.79. The van der Waals surface area contributed by atoms with Crippen molar-refractivity contribution < 1.29 is 8.42 Å². The highest BCUT2D eigenvalue weighted by Crippen LogP contribution is 2.28. The molecule has 2 rings (SSSR count). The third-order valence-electron chi connectivity index (χ3n) is 3.67. The summed E-state index contributed by atoms with van der Waals surface area (Å²) >= 11 is 1.46. The molecule has 0 aliphatic carbocycles. The monoisotopic (exact) mass is 352 g/mol. The van der Waals surface area contributed by atoms with Gasteiger partial charge in [-0.2, -0.15) is 8.42 Å². The van der Waals surface area contributed by atoms with Crippen LogP contribution in [0.25, 0.3) is 0 Å². The fraction of sp³-hybridized carbons (Fsp3) is 0.471. The minimum Gasteiger partial charge on any atom is -0.320 e. The lowest BCUT2D eigenvalue weighted by atomic mass is 9.93.